The van der Waals surface area contributed by atoms with Gasteiger partial charge in [-0.05, 0) is 46.6 Å². The Morgan fingerprint density at radius 2 is 1.83 bits per heavy atom. The number of rotatable bonds is 12. The minimum absolute atomic E-state index is 0.0422. The summed E-state index contributed by atoms with van der Waals surface area (Å²) in [4.78, 5) is 20.4. The SMILES string of the molecule is O=C(NCCOCCO)Nc1ccc(Nc2ncc(Br)c(NCCCO)n2)cc1. The summed E-state index contributed by atoms with van der Waals surface area (Å²) in [6.07, 6.45) is 2.26. The van der Waals surface area contributed by atoms with E-state index in [-0.39, 0.29) is 25.9 Å². The minimum Gasteiger partial charge on any atom is -0.396 e. The van der Waals surface area contributed by atoms with Crippen LogP contribution in [0.1, 0.15) is 6.42 Å². The largest absolute Gasteiger partial charge is 0.396 e. The van der Waals surface area contributed by atoms with E-state index in [4.69, 9.17) is 14.9 Å². The molecule has 2 rings (SSSR count). The van der Waals surface area contributed by atoms with E-state index in [9.17, 15) is 4.79 Å². The molecule has 11 heteroatoms. The lowest BCUT2D eigenvalue weighted by Gasteiger charge is -2.11. The number of hydrogen-bond donors (Lipinski definition) is 6. The zero-order valence-corrected chi connectivity index (χ0v) is 17.4. The van der Waals surface area contributed by atoms with Crippen LogP contribution in [0.5, 0.6) is 0 Å². The van der Waals surface area contributed by atoms with E-state index in [1.165, 1.54) is 0 Å². The van der Waals surface area contributed by atoms with Gasteiger partial charge in [0.25, 0.3) is 0 Å². The molecule has 0 bridgehead atoms. The molecule has 0 atom stereocenters. The molecule has 29 heavy (non-hydrogen) atoms. The van der Waals surface area contributed by atoms with Crippen molar-refractivity contribution in [3.05, 3.63) is 34.9 Å². The van der Waals surface area contributed by atoms with Crippen LogP contribution in [0.2, 0.25) is 0 Å². The third kappa shape index (κ3) is 8.60. The minimum atomic E-state index is -0.340. The van der Waals surface area contributed by atoms with Crippen LogP contribution in [0.15, 0.2) is 34.9 Å². The zero-order chi connectivity index (χ0) is 20.9. The second kappa shape index (κ2) is 12.9. The molecule has 0 spiro atoms. The molecular weight excluding hydrogens is 444 g/mol. The molecule has 0 saturated carbocycles. The molecule has 1 aromatic carbocycles. The maximum absolute atomic E-state index is 11.8. The Balaban J connectivity index is 1.84. The number of carbonyl (C=O) groups is 1. The second-order valence-corrected chi connectivity index (χ2v) is 6.67. The van der Waals surface area contributed by atoms with Gasteiger partial charge in [0.2, 0.25) is 5.95 Å². The van der Waals surface area contributed by atoms with Gasteiger partial charge >= 0.3 is 6.03 Å². The summed E-state index contributed by atoms with van der Waals surface area (Å²) >= 11 is 3.39. The smallest absolute Gasteiger partial charge is 0.319 e. The third-order valence-corrected chi connectivity index (χ3v) is 4.12. The number of aromatic nitrogens is 2. The molecule has 2 amide bonds. The Labute approximate surface area is 177 Å². The first-order chi connectivity index (χ1) is 14.1. The Morgan fingerprint density at radius 3 is 2.55 bits per heavy atom. The highest BCUT2D eigenvalue weighted by atomic mass is 79.9. The number of nitrogens with one attached hydrogen (secondary N) is 4. The molecule has 0 radical (unpaired) electrons. The fourth-order valence-electron chi connectivity index (χ4n) is 2.18. The Bertz CT molecular complexity index is 763. The number of urea groups is 1. The van der Waals surface area contributed by atoms with Gasteiger partial charge in [-0.1, -0.05) is 0 Å². The lowest BCUT2D eigenvalue weighted by Crippen LogP contribution is -2.31. The van der Waals surface area contributed by atoms with Gasteiger partial charge in [-0.15, -0.1) is 0 Å². The number of halogens is 1. The lowest BCUT2D eigenvalue weighted by atomic mass is 10.3. The van der Waals surface area contributed by atoms with Crippen LogP contribution in [-0.2, 0) is 4.74 Å². The first-order valence-electron chi connectivity index (χ1n) is 9.10. The van der Waals surface area contributed by atoms with Crippen LogP contribution in [0.3, 0.4) is 0 Å². The van der Waals surface area contributed by atoms with Crippen molar-refractivity contribution < 1.29 is 19.7 Å². The monoisotopic (exact) mass is 468 g/mol. The number of amides is 2. The number of nitrogens with zero attached hydrogens (tertiary/aromatic N) is 2. The maximum Gasteiger partial charge on any atom is 0.319 e. The van der Waals surface area contributed by atoms with E-state index in [2.05, 4.69) is 47.2 Å². The first-order valence-corrected chi connectivity index (χ1v) is 9.89. The van der Waals surface area contributed by atoms with Crippen LogP contribution in [0.4, 0.5) is 27.9 Å². The molecule has 2 aromatic rings. The summed E-state index contributed by atoms with van der Waals surface area (Å²) in [7, 11) is 0. The van der Waals surface area contributed by atoms with Crippen LogP contribution in [0, 0.1) is 0 Å². The maximum atomic E-state index is 11.8. The topological polar surface area (TPSA) is 141 Å². The number of aliphatic hydroxyl groups excluding tert-OH is 2. The quantitative estimate of drug-likeness (QED) is 0.259. The van der Waals surface area contributed by atoms with Crippen molar-refractivity contribution in [2.75, 3.05) is 55.5 Å². The Morgan fingerprint density at radius 1 is 1.07 bits per heavy atom. The van der Waals surface area contributed by atoms with Gasteiger partial charge in [-0.2, -0.15) is 4.98 Å². The van der Waals surface area contributed by atoms with E-state index in [1.807, 2.05) is 0 Å². The van der Waals surface area contributed by atoms with Gasteiger partial charge in [0.15, 0.2) is 0 Å². The Hall–Kier alpha value is -2.47. The molecule has 0 aliphatic heterocycles. The number of anilines is 4. The van der Waals surface area contributed by atoms with Gasteiger partial charge in [0.05, 0.1) is 24.3 Å². The Kier molecular flexibility index (Phi) is 10.1. The predicted octanol–water partition coefficient (Wildman–Crippen LogP) is 1.91. The molecule has 0 fully saturated rings. The highest BCUT2D eigenvalue weighted by molar-refractivity contribution is 9.10. The van der Waals surface area contributed by atoms with Crippen molar-refractivity contribution >= 4 is 45.1 Å². The summed E-state index contributed by atoms with van der Waals surface area (Å²) in [5.41, 5.74) is 1.39. The highest BCUT2D eigenvalue weighted by Crippen LogP contribution is 2.22. The molecule has 0 aliphatic rings. The molecule has 0 saturated heterocycles. The van der Waals surface area contributed by atoms with Crippen molar-refractivity contribution in [2.24, 2.45) is 0 Å². The number of carbonyl (C=O) groups excluding carboxylic acids is 1. The van der Waals surface area contributed by atoms with E-state index in [0.717, 1.165) is 10.2 Å². The summed E-state index contributed by atoms with van der Waals surface area (Å²) in [6, 6.07) is 6.76. The van der Waals surface area contributed by atoms with Gasteiger partial charge < -0.3 is 36.2 Å². The fourth-order valence-corrected chi connectivity index (χ4v) is 2.51. The highest BCUT2D eigenvalue weighted by Gasteiger charge is 2.06. The zero-order valence-electron chi connectivity index (χ0n) is 15.8. The molecule has 1 heterocycles. The van der Waals surface area contributed by atoms with Crippen molar-refractivity contribution in [1.82, 2.24) is 15.3 Å². The van der Waals surface area contributed by atoms with E-state index in [1.54, 1.807) is 30.5 Å². The van der Waals surface area contributed by atoms with E-state index < -0.39 is 0 Å². The molecule has 1 aromatic heterocycles. The van der Waals surface area contributed by atoms with Gasteiger partial charge in [0.1, 0.15) is 5.82 Å². The average Bonchev–Trinajstić information content (AvgIpc) is 2.72. The van der Waals surface area contributed by atoms with E-state index >= 15 is 0 Å². The molecule has 10 nitrogen and oxygen atoms in total. The van der Waals surface area contributed by atoms with Crippen molar-refractivity contribution in [2.45, 2.75) is 6.42 Å². The van der Waals surface area contributed by atoms with Crippen molar-refractivity contribution in [3.63, 3.8) is 0 Å². The molecule has 0 unspecified atom stereocenters. The fraction of sp³-hybridized carbons (Fsp3) is 0.389. The van der Waals surface area contributed by atoms with Gasteiger partial charge in [-0.25, -0.2) is 9.78 Å². The number of benzene rings is 1. The second-order valence-electron chi connectivity index (χ2n) is 5.81. The molecule has 6 N–H and O–H groups in total. The van der Waals surface area contributed by atoms with Crippen LogP contribution in [0.25, 0.3) is 0 Å². The lowest BCUT2D eigenvalue weighted by molar-refractivity contribution is 0.0950. The summed E-state index contributed by atoms with van der Waals surface area (Å²) < 4.78 is 5.80. The normalized spacial score (nSPS) is 10.4. The predicted molar refractivity (Wildman–Crippen MR) is 115 cm³/mol. The molecule has 0 aliphatic carbocycles. The van der Waals surface area contributed by atoms with Crippen LogP contribution in [-0.4, -0.2) is 65.7 Å². The number of ether oxygens (including phenoxy) is 1. The van der Waals surface area contributed by atoms with E-state index in [0.29, 0.717) is 43.6 Å². The molecular formula is C18H25BrN6O4. The average molecular weight is 469 g/mol. The standard InChI is InChI=1S/C18H25BrN6O4/c19-15-12-22-17(25-16(15)20-6-1-8-26)23-13-2-4-14(5-3-13)24-18(28)21-7-10-29-11-9-27/h2-5,12,26-27H,1,6-11H2,(H2,21,24,28)(H2,20,22,23,25). The summed E-state index contributed by atoms with van der Waals surface area (Å²) in [5.74, 6) is 1.05. The third-order valence-electron chi connectivity index (χ3n) is 3.54. The van der Waals surface area contributed by atoms with Gasteiger partial charge in [0, 0.05) is 37.3 Å². The van der Waals surface area contributed by atoms with Crippen molar-refractivity contribution in [3.8, 4) is 0 Å². The summed E-state index contributed by atoms with van der Waals surface area (Å²) in [6.45, 7) is 1.60. The van der Waals surface area contributed by atoms with Crippen LogP contribution >= 0.6 is 15.9 Å². The first kappa shape index (κ1) is 22.8. The van der Waals surface area contributed by atoms with Crippen molar-refractivity contribution in [1.29, 1.82) is 0 Å². The number of aliphatic hydroxyl groups is 2. The summed E-state index contributed by atoms with van der Waals surface area (Å²) in [5, 5.41) is 29.1. The van der Waals surface area contributed by atoms with Gasteiger partial charge in [-0.3, -0.25) is 0 Å². The molecule has 158 valence electrons. The van der Waals surface area contributed by atoms with Crippen LogP contribution < -0.4 is 21.3 Å². The number of hydrogen-bond acceptors (Lipinski definition) is 8.